The van der Waals surface area contributed by atoms with Crippen LogP contribution in [-0.4, -0.2) is 28.6 Å². The number of cyclic esters (lactones) is 1. The first-order valence-electron chi connectivity index (χ1n) is 5.71. The quantitative estimate of drug-likeness (QED) is 0.725. The van der Waals surface area contributed by atoms with Gasteiger partial charge >= 0.3 is 6.09 Å². The third-order valence-corrected chi connectivity index (χ3v) is 3.46. The van der Waals surface area contributed by atoms with Gasteiger partial charge in [-0.1, -0.05) is 6.07 Å². The minimum absolute atomic E-state index is 0.159. The van der Waals surface area contributed by atoms with E-state index in [0.717, 1.165) is 24.8 Å². The summed E-state index contributed by atoms with van der Waals surface area (Å²) < 4.78 is 5.11. The van der Waals surface area contributed by atoms with Gasteiger partial charge in [0, 0.05) is 24.9 Å². The average Bonchev–Trinajstić information content (AvgIpc) is 2.75. The smallest absolute Gasteiger partial charge is 0.410 e. The number of pyridine rings is 1. The monoisotopic (exact) mass is 218 g/mol. The van der Waals surface area contributed by atoms with Gasteiger partial charge in [0.15, 0.2) is 0 Å². The molecule has 0 spiro atoms. The van der Waals surface area contributed by atoms with Crippen molar-refractivity contribution in [2.24, 2.45) is 0 Å². The normalized spacial score (nSPS) is 28.8. The molecule has 2 saturated heterocycles. The van der Waals surface area contributed by atoms with Crippen LogP contribution in [0.25, 0.3) is 0 Å². The lowest BCUT2D eigenvalue weighted by Crippen LogP contribution is -2.42. The second-order valence-electron chi connectivity index (χ2n) is 4.34. The van der Waals surface area contributed by atoms with Crippen LogP contribution in [0.15, 0.2) is 24.5 Å². The molecule has 2 fully saturated rings. The van der Waals surface area contributed by atoms with E-state index in [-0.39, 0.29) is 12.1 Å². The average molecular weight is 218 g/mol. The molecule has 0 aromatic carbocycles. The van der Waals surface area contributed by atoms with E-state index < -0.39 is 0 Å². The first-order chi connectivity index (χ1) is 7.86. The maximum atomic E-state index is 11.7. The van der Waals surface area contributed by atoms with Crippen molar-refractivity contribution in [3.8, 4) is 0 Å². The van der Waals surface area contributed by atoms with Gasteiger partial charge in [0.2, 0.25) is 0 Å². The fourth-order valence-corrected chi connectivity index (χ4v) is 2.70. The zero-order valence-electron chi connectivity index (χ0n) is 9.00. The molecule has 0 N–H and O–H groups in total. The summed E-state index contributed by atoms with van der Waals surface area (Å²) in [5, 5.41) is 0. The van der Waals surface area contributed by atoms with Crippen molar-refractivity contribution in [3.05, 3.63) is 30.1 Å². The van der Waals surface area contributed by atoms with Gasteiger partial charge in [-0.2, -0.15) is 0 Å². The second-order valence-corrected chi connectivity index (χ2v) is 4.34. The van der Waals surface area contributed by atoms with Crippen molar-refractivity contribution < 1.29 is 9.53 Å². The Balaban J connectivity index is 1.89. The molecule has 84 valence electrons. The Hall–Kier alpha value is -1.58. The summed E-state index contributed by atoms with van der Waals surface area (Å²) in [4.78, 5) is 17.7. The molecule has 1 aromatic rings. The summed E-state index contributed by atoms with van der Waals surface area (Å²) in [5.74, 6) is 0. The number of fused-ring (bicyclic) bond motifs is 1. The third-order valence-electron chi connectivity index (χ3n) is 3.46. The van der Waals surface area contributed by atoms with Crippen LogP contribution in [0.3, 0.4) is 0 Å². The first-order valence-corrected chi connectivity index (χ1v) is 5.71. The lowest BCUT2D eigenvalue weighted by molar-refractivity contribution is 0.0455. The lowest BCUT2D eigenvalue weighted by Gasteiger charge is -2.33. The SMILES string of the molecule is O=C1OCC[C@@H]2CC[C@H](c3cccnc3)N12. The highest BCUT2D eigenvalue weighted by atomic mass is 16.6. The summed E-state index contributed by atoms with van der Waals surface area (Å²) in [6.45, 7) is 0.569. The van der Waals surface area contributed by atoms with E-state index in [4.69, 9.17) is 4.74 Å². The predicted molar refractivity (Wildman–Crippen MR) is 57.8 cm³/mol. The fraction of sp³-hybridized carbons (Fsp3) is 0.500. The summed E-state index contributed by atoms with van der Waals surface area (Å²) >= 11 is 0. The van der Waals surface area contributed by atoms with E-state index >= 15 is 0 Å². The summed E-state index contributed by atoms with van der Waals surface area (Å²) in [6, 6.07) is 4.47. The van der Waals surface area contributed by atoms with Crippen molar-refractivity contribution in [2.75, 3.05) is 6.61 Å². The molecule has 0 radical (unpaired) electrons. The van der Waals surface area contributed by atoms with Gasteiger partial charge in [-0.25, -0.2) is 4.79 Å². The van der Waals surface area contributed by atoms with Gasteiger partial charge in [-0.15, -0.1) is 0 Å². The van der Waals surface area contributed by atoms with E-state index in [1.807, 2.05) is 23.2 Å². The summed E-state index contributed by atoms with van der Waals surface area (Å²) in [6.07, 6.45) is 6.49. The van der Waals surface area contributed by atoms with E-state index in [9.17, 15) is 4.79 Å². The lowest BCUT2D eigenvalue weighted by atomic mass is 10.1. The zero-order chi connectivity index (χ0) is 11.0. The molecule has 2 aliphatic heterocycles. The molecule has 0 aliphatic carbocycles. The van der Waals surface area contributed by atoms with Crippen molar-refractivity contribution in [1.29, 1.82) is 0 Å². The first kappa shape index (κ1) is 9.63. The van der Waals surface area contributed by atoms with Crippen LogP contribution in [0.2, 0.25) is 0 Å². The minimum Gasteiger partial charge on any atom is -0.449 e. The van der Waals surface area contributed by atoms with Crippen LogP contribution in [-0.2, 0) is 4.74 Å². The second kappa shape index (κ2) is 3.77. The number of carbonyl (C=O) groups excluding carboxylic acids is 1. The highest BCUT2D eigenvalue weighted by molar-refractivity contribution is 5.70. The number of amides is 1. The Bertz CT molecular complexity index is 393. The Labute approximate surface area is 94.2 Å². The highest BCUT2D eigenvalue weighted by Crippen LogP contribution is 2.39. The molecule has 2 atom stereocenters. The van der Waals surface area contributed by atoms with Crippen LogP contribution in [0.1, 0.15) is 30.9 Å². The molecule has 3 heterocycles. The maximum Gasteiger partial charge on any atom is 0.410 e. The number of nitrogens with zero attached hydrogens (tertiary/aromatic N) is 2. The largest absolute Gasteiger partial charge is 0.449 e. The van der Waals surface area contributed by atoms with Crippen molar-refractivity contribution in [2.45, 2.75) is 31.3 Å². The Morgan fingerprint density at radius 3 is 3.12 bits per heavy atom. The molecular formula is C12H14N2O2. The Kier molecular flexibility index (Phi) is 2.27. The zero-order valence-corrected chi connectivity index (χ0v) is 9.00. The fourth-order valence-electron chi connectivity index (χ4n) is 2.70. The molecule has 3 rings (SSSR count). The summed E-state index contributed by atoms with van der Waals surface area (Å²) in [7, 11) is 0. The predicted octanol–water partition coefficient (Wildman–Crippen LogP) is 2.13. The summed E-state index contributed by atoms with van der Waals surface area (Å²) in [5.41, 5.74) is 1.11. The Morgan fingerprint density at radius 2 is 2.31 bits per heavy atom. The van der Waals surface area contributed by atoms with Gasteiger partial charge in [-0.3, -0.25) is 9.88 Å². The van der Waals surface area contributed by atoms with Gasteiger partial charge in [-0.05, 0) is 24.5 Å². The maximum absolute atomic E-state index is 11.7. The molecule has 2 aliphatic rings. The van der Waals surface area contributed by atoms with Crippen LogP contribution in [0.4, 0.5) is 4.79 Å². The van der Waals surface area contributed by atoms with E-state index in [1.54, 1.807) is 6.20 Å². The molecule has 0 saturated carbocycles. The number of ether oxygens (including phenoxy) is 1. The van der Waals surface area contributed by atoms with Crippen molar-refractivity contribution >= 4 is 6.09 Å². The van der Waals surface area contributed by atoms with E-state index in [1.165, 1.54) is 0 Å². The number of rotatable bonds is 1. The van der Waals surface area contributed by atoms with Crippen LogP contribution in [0, 0.1) is 0 Å². The molecule has 0 bridgehead atoms. The standard InChI is InChI=1S/C12H14N2O2/c15-12-14-10(5-7-16-12)3-4-11(14)9-2-1-6-13-8-9/h1-2,6,8,10-11H,3-5,7H2/t10-,11+/m0/s1. The molecule has 4 nitrogen and oxygen atoms in total. The van der Waals surface area contributed by atoms with Gasteiger partial charge in [0.25, 0.3) is 0 Å². The number of hydrogen-bond donors (Lipinski definition) is 0. The number of hydrogen-bond acceptors (Lipinski definition) is 3. The van der Waals surface area contributed by atoms with Crippen LogP contribution < -0.4 is 0 Å². The van der Waals surface area contributed by atoms with Crippen LogP contribution in [0.5, 0.6) is 0 Å². The molecule has 4 heteroatoms. The van der Waals surface area contributed by atoms with Crippen molar-refractivity contribution in [3.63, 3.8) is 0 Å². The van der Waals surface area contributed by atoms with Gasteiger partial charge in [0.1, 0.15) is 0 Å². The molecule has 1 aromatic heterocycles. The molecule has 1 amide bonds. The van der Waals surface area contributed by atoms with Crippen LogP contribution >= 0.6 is 0 Å². The topological polar surface area (TPSA) is 42.4 Å². The molecular weight excluding hydrogens is 204 g/mol. The number of carbonyl (C=O) groups is 1. The molecule has 0 unspecified atom stereocenters. The third kappa shape index (κ3) is 1.45. The van der Waals surface area contributed by atoms with Gasteiger partial charge < -0.3 is 4.74 Å². The van der Waals surface area contributed by atoms with E-state index in [2.05, 4.69) is 4.98 Å². The Morgan fingerprint density at radius 1 is 1.38 bits per heavy atom. The molecule has 16 heavy (non-hydrogen) atoms. The highest BCUT2D eigenvalue weighted by Gasteiger charge is 2.41. The number of aromatic nitrogens is 1. The minimum atomic E-state index is -0.164. The van der Waals surface area contributed by atoms with Gasteiger partial charge in [0.05, 0.1) is 12.6 Å². The van der Waals surface area contributed by atoms with E-state index in [0.29, 0.717) is 12.6 Å². The van der Waals surface area contributed by atoms with Crippen molar-refractivity contribution in [1.82, 2.24) is 9.88 Å².